The molecule has 0 spiro atoms. The second-order valence-electron chi connectivity index (χ2n) is 6.97. The van der Waals surface area contributed by atoms with Gasteiger partial charge in [0.15, 0.2) is 0 Å². The van der Waals surface area contributed by atoms with E-state index in [4.69, 9.17) is 0 Å². The van der Waals surface area contributed by atoms with Crippen molar-refractivity contribution in [3.8, 4) is 0 Å². The number of fused-ring (bicyclic) bond motifs is 1. The van der Waals surface area contributed by atoms with E-state index in [0.29, 0.717) is 23.1 Å². The molecule has 1 amide bonds. The Morgan fingerprint density at radius 2 is 1.79 bits per heavy atom. The van der Waals surface area contributed by atoms with E-state index in [9.17, 15) is 14.4 Å². The lowest BCUT2D eigenvalue weighted by Gasteiger charge is -2.14. The highest BCUT2D eigenvalue weighted by atomic mass is 16.2. The second-order valence-corrected chi connectivity index (χ2v) is 6.97. The molecule has 28 heavy (non-hydrogen) atoms. The molecule has 146 valence electrons. The van der Waals surface area contributed by atoms with Gasteiger partial charge >= 0.3 is 5.69 Å². The van der Waals surface area contributed by atoms with Crippen LogP contribution in [-0.2, 0) is 17.9 Å². The monoisotopic (exact) mass is 379 g/mol. The average molecular weight is 379 g/mol. The van der Waals surface area contributed by atoms with Gasteiger partial charge in [-0.3, -0.25) is 18.7 Å². The molecule has 0 aliphatic heterocycles. The number of unbranched alkanes of at least 4 members (excludes halogenated alkanes) is 2. The van der Waals surface area contributed by atoms with Crippen LogP contribution in [0.4, 0.5) is 5.69 Å². The molecule has 0 bridgehead atoms. The Bertz CT molecular complexity index is 1110. The van der Waals surface area contributed by atoms with Crippen molar-refractivity contribution in [2.75, 3.05) is 5.32 Å². The van der Waals surface area contributed by atoms with Crippen molar-refractivity contribution < 1.29 is 4.79 Å². The summed E-state index contributed by atoms with van der Waals surface area (Å²) in [6, 6.07) is 14.4. The van der Waals surface area contributed by atoms with E-state index in [1.54, 1.807) is 30.3 Å². The molecule has 6 nitrogen and oxygen atoms in total. The number of benzene rings is 2. The summed E-state index contributed by atoms with van der Waals surface area (Å²) in [6.45, 7) is 4.22. The Morgan fingerprint density at radius 3 is 2.54 bits per heavy atom. The van der Waals surface area contributed by atoms with Crippen LogP contribution in [0.3, 0.4) is 0 Å². The Hall–Kier alpha value is -3.15. The third-order valence-electron chi connectivity index (χ3n) is 4.72. The molecule has 0 fully saturated rings. The van der Waals surface area contributed by atoms with Crippen LogP contribution >= 0.6 is 0 Å². The first-order chi connectivity index (χ1) is 13.5. The van der Waals surface area contributed by atoms with Crippen molar-refractivity contribution in [2.45, 2.75) is 46.2 Å². The summed E-state index contributed by atoms with van der Waals surface area (Å²) in [6.07, 6.45) is 2.68. The number of hydrogen-bond acceptors (Lipinski definition) is 3. The number of nitrogens with zero attached hydrogens (tertiary/aromatic N) is 2. The molecular weight excluding hydrogens is 354 g/mol. The van der Waals surface area contributed by atoms with Gasteiger partial charge in [0.05, 0.1) is 10.9 Å². The minimum Gasteiger partial charge on any atom is -0.325 e. The molecule has 0 saturated heterocycles. The van der Waals surface area contributed by atoms with E-state index < -0.39 is 5.69 Å². The molecule has 1 heterocycles. The van der Waals surface area contributed by atoms with Gasteiger partial charge in [0.2, 0.25) is 5.91 Å². The highest BCUT2D eigenvalue weighted by molar-refractivity contribution is 5.91. The van der Waals surface area contributed by atoms with Gasteiger partial charge in [-0.1, -0.05) is 44.0 Å². The number of carbonyl (C=O) groups is 1. The maximum Gasteiger partial charge on any atom is 0.331 e. The molecule has 2 aromatic carbocycles. The van der Waals surface area contributed by atoms with Gasteiger partial charge < -0.3 is 5.32 Å². The highest BCUT2D eigenvalue weighted by Crippen LogP contribution is 2.11. The van der Waals surface area contributed by atoms with Crippen LogP contribution in [0.15, 0.2) is 58.1 Å². The number of rotatable bonds is 7. The maximum atomic E-state index is 13.0. The van der Waals surface area contributed by atoms with E-state index >= 15 is 0 Å². The number of para-hydroxylation sites is 1. The molecule has 3 rings (SSSR count). The fourth-order valence-electron chi connectivity index (χ4n) is 3.31. The van der Waals surface area contributed by atoms with Gasteiger partial charge in [0.25, 0.3) is 5.56 Å². The van der Waals surface area contributed by atoms with E-state index in [-0.39, 0.29) is 18.0 Å². The van der Waals surface area contributed by atoms with Crippen LogP contribution < -0.4 is 16.6 Å². The van der Waals surface area contributed by atoms with Gasteiger partial charge in [0, 0.05) is 12.2 Å². The van der Waals surface area contributed by atoms with Gasteiger partial charge in [-0.05, 0) is 43.2 Å². The fraction of sp³-hybridized carbons (Fsp3) is 0.318. The molecule has 1 N–H and O–H groups in total. The Morgan fingerprint density at radius 1 is 1.00 bits per heavy atom. The van der Waals surface area contributed by atoms with Crippen molar-refractivity contribution in [3.63, 3.8) is 0 Å². The van der Waals surface area contributed by atoms with E-state index in [1.807, 2.05) is 25.1 Å². The minimum atomic E-state index is -0.445. The molecular formula is C22H25N3O3. The number of carbonyl (C=O) groups excluding carboxylic acids is 1. The summed E-state index contributed by atoms with van der Waals surface area (Å²) in [7, 11) is 0. The molecule has 0 atom stereocenters. The number of anilines is 1. The summed E-state index contributed by atoms with van der Waals surface area (Å²) >= 11 is 0. The summed E-state index contributed by atoms with van der Waals surface area (Å²) in [5.41, 5.74) is 1.44. The smallest absolute Gasteiger partial charge is 0.325 e. The number of aromatic nitrogens is 2. The Labute approximate surface area is 163 Å². The molecule has 3 aromatic rings. The van der Waals surface area contributed by atoms with Crippen LogP contribution in [0.1, 0.15) is 31.7 Å². The zero-order valence-electron chi connectivity index (χ0n) is 16.3. The lowest BCUT2D eigenvalue weighted by Crippen LogP contribution is -2.41. The normalized spacial score (nSPS) is 10.9. The average Bonchev–Trinajstić information content (AvgIpc) is 2.68. The summed E-state index contributed by atoms with van der Waals surface area (Å²) in [5, 5.41) is 3.27. The third kappa shape index (κ3) is 4.22. The zero-order valence-corrected chi connectivity index (χ0v) is 16.3. The number of amides is 1. The highest BCUT2D eigenvalue weighted by Gasteiger charge is 2.15. The third-order valence-corrected chi connectivity index (χ3v) is 4.72. The number of hydrogen-bond donors (Lipinski definition) is 1. The van der Waals surface area contributed by atoms with E-state index in [1.165, 1.54) is 9.13 Å². The SMILES string of the molecule is CCCCCn1c(=O)c2ccccc2n(CC(=O)Nc2cccc(C)c2)c1=O. The van der Waals surface area contributed by atoms with E-state index in [2.05, 4.69) is 12.2 Å². The summed E-state index contributed by atoms with van der Waals surface area (Å²) < 4.78 is 2.63. The lowest BCUT2D eigenvalue weighted by atomic mass is 10.2. The van der Waals surface area contributed by atoms with Gasteiger partial charge in [0.1, 0.15) is 6.54 Å². The second kappa shape index (κ2) is 8.69. The Kier molecular flexibility index (Phi) is 6.09. The fourth-order valence-corrected chi connectivity index (χ4v) is 3.31. The van der Waals surface area contributed by atoms with Crippen molar-refractivity contribution in [1.82, 2.24) is 9.13 Å². The van der Waals surface area contributed by atoms with Crippen LogP contribution in [0, 0.1) is 6.92 Å². The summed E-state index contributed by atoms with van der Waals surface area (Å²) in [4.78, 5) is 38.3. The molecule has 0 radical (unpaired) electrons. The predicted molar refractivity (Wildman–Crippen MR) is 112 cm³/mol. The standard InChI is InChI=1S/C22H25N3O3/c1-3-4-7-13-24-21(27)18-11-5-6-12-19(18)25(22(24)28)15-20(26)23-17-10-8-9-16(2)14-17/h5-6,8-12,14H,3-4,7,13,15H2,1-2H3,(H,23,26). The first-order valence-electron chi connectivity index (χ1n) is 9.60. The molecule has 0 aliphatic rings. The topological polar surface area (TPSA) is 73.1 Å². The first kappa shape index (κ1) is 19.6. The number of aryl methyl sites for hydroxylation is 1. The maximum absolute atomic E-state index is 13.0. The van der Waals surface area contributed by atoms with Crippen molar-refractivity contribution >= 4 is 22.5 Å². The first-order valence-corrected chi connectivity index (χ1v) is 9.60. The minimum absolute atomic E-state index is 0.151. The van der Waals surface area contributed by atoms with E-state index in [0.717, 1.165) is 24.8 Å². The molecule has 0 saturated carbocycles. The van der Waals surface area contributed by atoms with Gasteiger partial charge in [-0.15, -0.1) is 0 Å². The molecule has 6 heteroatoms. The van der Waals surface area contributed by atoms with Crippen LogP contribution in [-0.4, -0.2) is 15.0 Å². The van der Waals surface area contributed by atoms with Crippen LogP contribution in [0.2, 0.25) is 0 Å². The van der Waals surface area contributed by atoms with Crippen LogP contribution in [0.25, 0.3) is 10.9 Å². The van der Waals surface area contributed by atoms with Gasteiger partial charge in [-0.2, -0.15) is 0 Å². The predicted octanol–water partition coefficient (Wildman–Crippen LogP) is 3.30. The molecule has 0 aliphatic carbocycles. The van der Waals surface area contributed by atoms with Crippen molar-refractivity contribution in [3.05, 3.63) is 74.9 Å². The molecule has 1 aromatic heterocycles. The largest absolute Gasteiger partial charge is 0.331 e. The summed E-state index contributed by atoms with van der Waals surface area (Å²) in [5.74, 6) is -0.309. The van der Waals surface area contributed by atoms with Crippen LogP contribution in [0.5, 0.6) is 0 Å². The quantitative estimate of drug-likeness (QED) is 0.640. The Balaban J connectivity index is 1.98. The van der Waals surface area contributed by atoms with Crippen molar-refractivity contribution in [2.24, 2.45) is 0 Å². The van der Waals surface area contributed by atoms with Crippen molar-refractivity contribution in [1.29, 1.82) is 0 Å². The molecule has 0 unspecified atom stereocenters. The zero-order chi connectivity index (χ0) is 20.1. The van der Waals surface area contributed by atoms with Gasteiger partial charge in [-0.25, -0.2) is 4.79 Å². The lowest BCUT2D eigenvalue weighted by molar-refractivity contribution is -0.116. The number of nitrogens with one attached hydrogen (secondary N) is 1.